The Kier molecular flexibility index (Phi) is 8.42. The van der Waals surface area contributed by atoms with Crippen molar-refractivity contribution >= 4 is 24.1 Å². The Bertz CT molecular complexity index is 1280. The lowest BCUT2D eigenvalue weighted by Gasteiger charge is -2.73. The van der Waals surface area contributed by atoms with Gasteiger partial charge in [0.2, 0.25) is 0 Å². The van der Waals surface area contributed by atoms with E-state index in [1.54, 1.807) is 13.0 Å². The number of ether oxygens (including phenoxy) is 6. The van der Waals surface area contributed by atoms with Gasteiger partial charge < -0.3 is 33.5 Å². The number of fused-ring (bicyclic) bond motifs is 7. The Morgan fingerprint density at radius 3 is 2.16 bits per heavy atom. The molecule has 0 radical (unpaired) electrons. The van der Waals surface area contributed by atoms with Gasteiger partial charge in [0.05, 0.1) is 38.4 Å². The van der Waals surface area contributed by atoms with Crippen molar-refractivity contribution in [2.45, 2.75) is 104 Å². The van der Waals surface area contributed by atoms with Gasteiger partial charge in [-0.15, -0.1) is 0 Å². The number of hydrogen-bond donors (Lipinski definition) is 1. The van der Waals surface area contributed by atoms with E-state index in [9.17, 15) is 24.3 Å². The van der Waals surface area contributed by atoms with E-state index in [1.165, 1.54) is 28.1 Å². The van der Waals surface area contributed by atoms with Gasteiger partial charge in [-0.2, -0.15) is 0 Å². The van der Waals surface area contributed by atoms with E-state index >= 15 is 0 Å². The monoisotopic (exact) mass is 634 g/mol. The SMILES string of the molecule is COC(=O)OC(C)[C@@]12CCC3[C@]4(C)C(CC[C@@]3(C)[C@@H]1COC2)[C@]1(O)CC(C)C=C(C(=O)OC)[C@]1(C)[C@@H](OC(C)=O)[C@H]4OC(C)=O. The fourth-order valence-corrected chi connectivity index (χ4v) is 11.3. The quantitative estimate of drug-likeness (QED) is 0.340. The van der Waals surface area contributed by atoms with Crippen LogP contribution >= 0.6 is 0 Å². The molecule has 5 aliphatic rings. The Morgan fingerprint density at radius 1 is 0.933 bits per heavy atom. The van der Waals surface area contributed by atoms with Crippen LogP contribution in [0.4, 0.5) is 4.79 Å². The molecule has 0 bridgehead atoms. The third-order valence-corrected chi connectivity index (χ3v) is 13.1. The van der Waals surface area contributed by atoms with Gasteiger partial charge >= 0.3 is 24.1 Å². The van der Waals surface area contributed by atoms with Crippen LogP contribution in [0.15, 0.2) is 11.6 Å². The highest BCUT2D eigenvalue weighted by atomic mass is 16.7. The van der Waals surface area contributed by atoms with Crippen LogP contribution in [0.1, 0.15) is 80.6 Å². The molecule has 1 heterocycles. The maximum atomic E-state index is 13.4. The molecule has 0 amide bonds. The summed E-state index contributed by atoms with van der Waals surface area (Å²) in [5.74, 6) is -2.46. The third-order valence-electron chi connectivity index (χ3n) is 13.1. The van der Waals surface area contributed by atoms with Crippen LogP contribution in [0.5, 0.6) is 0 Å². The van der Waals surface area contributed by atoms with E-state index < -0.39 is 70.1 Å². The Labute approximate surface area is 265 Å². The number of aliphatic hydroxyl groups is 1. The highest BCUT2D eigenvalue weighted by Gasteiger charge is 2.79. The summed E-state index contributed by atoms with van der Waals surface area (Å²) >= 11 is 0. The molecule has 4 aliphatic carbocycles. The lowest BCUT2D eigenvalue weighted by Crippen LogP contribution is -2.78. The molecule has 4 fully saturated rings. The molecule has 11 heteroatoms. The Morgan fingerprint density at radius 2 is 1.56 bits per heavy atom. The van der Waals surface area contributed by atoms with Gasteiger partial charge in [-0.25, -0.2) is 9.59 Å². The Balaban J connectivity index is 1.70. The maximum absolute atomic E-state index is 13.4. The minimum Gasteiger partial charge on any atom is -0.466 e. The second-order valence-corrected chi connectivity index (χ2v) is 15.0. The summed E-state index contributed by atoms with van der Waals surface area (Å²) in [6.45, 7) is 13.4. The third kappa shape index (κ3) is 4.57. The van der Waals surface area contributed by atoms with Crippen molar-refractivity contribution in [3.63, 3.8) is 0 Å². The minimum absolute atomic E-state index is 0.00917. The highest BCUT2D eigenvalue weighted by Crippen LogP contribution is 2.75. The van der Waals surface area contributed by atoms with Crippen LogP contribution in [0, 0.1) is 45.3 Å². The number of carbonyl (C=O) groups is 4. The van der Waals surface area contributed by atoms with Gasteiger partial charge in [-0.05, 0) is 75.0 Å². The van der Waals surface area contributed by atoms with Gasteiger partial charge in [-0.3, -0.25) is 9.59 Å². The van der Waals surface area contributed by atoms with Crippen molar-refractivity contribution in [3.8, 4) is 0 Å². The van der Waals surface area contributed by atoms with E-state index in [2.05, 4.69) is 13.8 Å². The van der Waals surface area contributed by atoms with E-state index in [-0.39, 0.29) is 28.7 Å². The molecule has 1 N–H and O–H groups in total. The lowest BCUT2D eigenvalue weighted by molar-refractivity contribution is -0.322. The minimum atomic E-state index is -1.50. The second kappa shape index (κ2) is 11.2. The number of carbonyl (C=O) groups excluding carboxylic acids is 4. The molecule has 1 saturated heterocycles. The molecule has 5 rings (SSSR count). The first-order valence-electron chi connectivity index (χ1n) is 16.2. The molecule has 1 aliphatic heterocycles. The number of esters is 3. The van der Waals surface area contributed by atoms with E-state index in [1.807, 2.05) is 13.8 Å². The van der Waals surface area contributed by atoms with Crippen molar-refractivity contribution in [1.82, 2.24) is 0 Å². The average molecular weight is 635 g/mol. The smallest absolute Gasteiger partial charge is 0.466 e. The first kappa shape index (κ1) is 33.7. The van der Waals surface area contributed by atoms with Gasteiger partial charge in [0.1, 0.15) is 12.2 Å². The molecule has 0 aromatic rings. The highest BCUT2D eigenvalue weighted by molar-refractivity contribution is 5.91. The van der Waals surface area contributed by atoms with Crippen molar-refractivity contribution in [2.75, 3.05) is 27.4 Å². The molecular weight excluding hydrogens is 584 g/mol. The zero-order valence-corrected chi connectivity index (χ0v) is 28.1. The maximum Gasteiger partial charge on any atom is 0.508 e. The molecule has 0 aromatic carbocycles. The summed E-state index contributed by atoms with van der Waals surface area (Å²) in [6, 6.07) is 0. The van der Waals surface area contributed by atoms with E-state index in [0.717, 1.165) is 6.42 Å². The summed E-state index contributed by atoms with van der Waals surface area (Å²) in [5.41, 5.74) is -4.39. The predicted molar refractivity (Wildman–Crippen MR) is 159 cm³/mol. The van der Waals surface area contributed by atoms with Crippen LogP contribution in [0.3, 0.4) is 0 Å². The van der Waals surface area contributed by atoms with Crippen LogP contribution in [0.2, 0.25) is 0 Å². The molecule has 252 valence electrons. The standard InChI is InChI=1S/C34H50O11/c1-18-14-22(28(37)40-8)32(7)27(45-21(4)36)26(44-20(3)35)31(6)23-11-13-33(19(2)43-29(38)41-9)17-42-16-25(33)30(23,5)12-10-24(31)34(32,39)15-18/h14,18-19,23-27,39H,10-13,15-17H2,1-9H3/t18?,19?,23?,24?,25-,26+,27-,30+,31+,32+,33-,34+/m0/s1. The summed E-state index contributed by atoms with van der Waals surface area (Å²) in [7, 11) is 2.58. The fraction of sp³-hybridized carbons (Fsp3) is 0.824. The van der Waals surface area contributed by atoms with Gasteiger partial charge in [0.25, 0.3) is 0 Å². The molecule has 11 nitrogen and oxygen atoms in total. The molecule has 12 atom stereocenters. The molecule has 45 heavy (non-hydrogen) atoms. The molecule has 0 spiro atoms. The van der Waals surface area contributed by atoms with Crippen LogP contribution in [-0.4, -0.2) is 80.5 Å². The number of hydrogen-bond acceptors (Lipinski definition) is 11. The first-order chi connectivity index (χ1) is 21.0. The zero-order chi connectivity index (χ0) is 33.3. The van der Waals surface area contributed by atoms with E-state index in [4.69, 9.17) is 28.4 Å². The summed E-state index contributed by atoms with van der Waals surface area (Å²) in [6.07, 6.45) is 1.42. The average Bonchev–Trinajstić information content (AvgIpc) is 3.42. The van der Waals surface area contributed by atoms with Crippen molar-refractivity contribution < 1.29 is 52.7 Å². The van der Waals surface area contributed by atoms with E-state index in [0.29, 0.717) is 38.9 Å². The van der Waals surface area contributed by atoms with Crippen LogP contribution in [0.25, 0.3) is 0 Å². The van der Waals surface area contributed by atoms with Gasteiger partial charge in [0, 0.05) is 30.3 Å². The summed E-state index contributed by atoms with van der Waals surface area (Å²) in [4.78, 5) is 51.3. The molecule has 0 aromatic heterocycles. The molecule has 3 saturated carbocycles. The van der Waals surface area contributed by atoms with Crippen LogP contribution in [-0.2, 0) is 42.8 Å². The van der Waals surface area contributed by atoms with Gasteiger partial charge in [0.15, 0.2) is 6.10 Å². The topological polar surface area (TPSA) is 144 Å². The zero-order valence-electron chi connectivity index (χ0n) is 28.1. The number of methoxy groups -OCH3 is 2. The number of rotatable bonds is 5. The lowest BCUT2D eigenvalue weighted by atomic mass is 9.33. The van der Waals surface area contributed by atoms with Gasteiger partial charge in [-0.1, -0.05) is 26.8 Å². The largest absolute Gasteiger partial charge is 0.508 e. The fourth-order valence-electron chi connectivity index (χ4n) is 11.3. The summed E-state index contributed by atoms with van der Waals surface area (Å²) < 4.78 is 34.3. The molecular formula is C34H50O11. The molecule has 4 unspecified atom stereocenters. The van der Waals surface area contributed by atoms with Crippen molar-refractivity contribution in [3.05, 3.63) is 11.6 Å². The van der Waals surface area contributed by atoms with Crippen molar-refractivity contribution in [2.24, 2.45) is 45.3 Å². The first-order valence-corrected chi connectivity index (χ1v) is 16.2. The number of allylic oxidation sites excluding steroid dienone is 1. The van der Waals surface area contributed by atoms with Crippen molar-refractivity contribution in [1.29, 1.82) is 0 Å². The predicted octanol–water partition coefficient (Wildman–Crippen LogP) is 4.38. The summed E-state index contributed by atoms with van der Waals surface area (Å²) in [5, 5.41) is 13.2. The van der Waals surface area contributed by atoms with Crippen LogP contribution < -0.4 is 0 Å². The Hall–Kier alpha value is -2.66. The normalized spacial score (nSPS) is 45.7. The second-order valence-electron chi connectivity index (χ2n) is 15.0.